The number of aromatic nitrogens is 2. The van der Waals surface area contributed by atoms with Gasteiger partial charge >= 0.3 is 5.97 Å². The molecular formula is C21H18FN5O3. The highest BCUT2D eigenvalue weighted by Gasteiger charge is 2.27. The Labute approximate surface area is 170 Å². The Hall–Kier alpha value is -3.93. The van der Waals surface area contributed by atoms with Gasteiger partial charge in [0.2, 0.25) is 0 Å². The lowest BCUT2D eigenvalue weighted by atomic mass is 10.1. The van der Waals surface area contributed by atoms with E-state index in [0.717, 1.165) is 12.8 Å². The highest BCUT2D eigenvalue weighted by atomic mass is 19.1. The minimum Gasteiger partial charge on any atom is -0.462 e. The number of imidazole rings is 1. The Morgan fingerprint density at radius 1 is 1.40 bits per heavy atom. The summed E-state index contributed by atoms with van der Waals surface area (Å²) in [6.07, 6.45) is 2.00. The number of benzene rings is 2. The van der Waals surface area contributed by atoms with Crippen molar-refractivity contribution in [1.29, 1.82) is 5.26 Å². The Morgan fingerprint density at radius 2 is 2.17 bits per heavy atom. The van der Waals surface area contributed by atoms with Crippen LogP contribution in [0.25, 0.3) is 11.0 Å². The van der Waals surface area contributed by atoms with E-state index in [2.05, 4.69) is 15.3 Å². The van der Waals surface area contributed by atoms with Crippen molar-refractivity contribution in [3.63, 3.8) is 0 Å². The summed E-state index contributed by atoms with van der Waals surface area (Å²) in [5, 5.41) is 12.0. The molecule has 1 aliphatic carbocycles. The van der Waals surface area contributed by atoms with Gasteiger partial charge in [-0.2, -0.15) is 5.26 Å². The largest absolute Gasteiger partial charge is 0.462 e. The molecule has 0 spiro atoms. The van der Waals surface area contributed by atoms with E-state index in [4.69, 9.17) is 15.7 Å². The zero-order valence-corrected chi connectivity index (χ0v) is 16.1. The fraction of sp³-hybridized carbons (Fsp3) is 0.238. The van der Waals surface area contributed by atoms with Crippen molar-refractivity contribution in [2.24, 2.45) is 11.7 Å². The van der Waals surface area contributed by atoms with Gasteiger partial charge in [0.1, 0.15) is 5.52 Å². The molecule has 0 radical (unpaired) electrons. The lowest BCUT2D eigenvalue weighted by Gasteiger charge is -2.15. The maximum Gasteiger partial charge on any atom is 0.340 e. The summed E-state index contributed by atoms with van der Waals surface area (Å²) in [5.41, 5.74) is 6.74. The van der Waals surface area contributed by atoms with Crippen molar-refractivity contribution in [1.82, 2.24) is 9.97 Å². The number of hydrogen-bond acceptors (Lipinski definition) is 6. The first-order valence-electron chi connectivity index (χ1n) is 9.34. The van der Waals surface area contributed by atoms with E-state index in [9.17, 15) is 9.59 Å². The first-order chi connectivity index (χ1) is 14.4. The maximum absolute atomic E-state index is 15.4. The minimum absolute atomic E-state index is 0.0379. The summed E-state index contributed by atoms with van der Waals surface area (Å²) in [6, 6.07) is 8.26. The molecule has 1 heterocycles. The highest BCUT2D eigenvalue weighted by Crippen LogP contribution is 2.33. The molecule has 1 aromatic heterocycles. The van der Waals surface area contributed by atoms with Crippen LogP contribution >= 0.6 is 0 Å². The molecule has 3 aromatic rings. The molecule has 1 amide bonds. The molecule has 4 rings (SSSR count). The second-order valence-corrected chi connectivity index (χ2v) is 7.27. The van der Waals surface area contributed by atoms with Crippen LogP contribution in [0, 0.1) is 30.0 Å². The first kappa shape index (κ1) is 19.4. The van der Waals surface area contributed by atoms with Crippen LogP contribution in [0.3, 0.4) is 0 Å². The number of anilines is 2. The summed E-state index contributed by atoms with van der Waals surface area (Å²) in [4.78, 5) is 30.7. The highest BCUT2D eigenvalue weighted by molar-refractivity contribution is 6.03. The molecule has 2 aromatic carbocycles. The van der Waals surface area contributed by atoms with Crippen molar-refractivity contribution < 1.29 is 18.7 Å². The van der Waals surface area contributed by atoms with E-state index in [1.165, 1.54) is 6.07 Å². The summed E-state index contributed by atoms with van der Waals surface area (Å²) in [5.74, 6) is -2.23. The van der Waals surface area contributed by atoms with E-state index in [1.54, 1.807) is 25.1 Å². The quantitative estimate of drug-likeness (QED) is 0.537. The van der Waals surface area contributed by atoms with Gasteiger partial charge in [0.05, 0.1) is 35.0 Å². The smallest absolute Gasteiger partial charge is 0.340 e. The minimum atomic E-state index is -0.846. The average molecular weight is 407 g/mol. The van der Waals surface area contributed by atoms with Crippen molar-refractivity contribution >= 4 is 34.3 Å². The molecule has 1 fully saturated rings. The average Bonchev–Trinajstić information content (AvgIpc) is 3.45. The molecule has 0 saturated heterocycles. The van der Waals surface area contributed by atoms with Crippen molar-refractivity contribution in [2.45, 2.75) is 19.8 Å². The monoisotopic (exact) mass is 407 g/mol. The number of esters is 1. The fourth-order valence-corrected chi connectivity index (χ4v) is 3.08. The van der Waals surface area contributed by atoms with Crippen LogP contribution in [0.15, 0.2) is 24.3 Å². The standard InChI is InChI=1S/C21H18FN5O3/c1-10-6-12(8-23)4-5-14(10)25-17-13(21(29)30-9-11-2-3-11)7-15-18(16(17)22)27-20(26-15)19(24)28/h4-7,11,25H,2-3,9H2,1H3,(H2,24,28)(H,26,27). The van der Waals surface area contributed by atoms with Crippen LogP contribution in [-0.2, 0) is 4.74 Å². The third kappa shape index (κ3) is 3.67. The van der Waals surface area contributed by atoms with E-state index in [-0.39, 0.29) is 34.7 Å². The van der Waals surface area contributed by atoms with Crippen molar-refractivity contribution in [2.75, 3.05) is 11.9 Å². The summed E-state index contributed by atoms with van der Waals surface area (Å²) < 4.78 is 20.7. The summed E-state index contributed by atoms with van der Waals surface area (Å²) in [7, 11) is 0. The molecule has 8 nitrogen and oxygen atoms in total. The van der Waals surface area contributed by atoms with E-state index in [1.807, 2.05) is 6.07 Å². The number of H-pyrrole nitrogens is 1. The first-order valence-corrected chi connectivity index (χ1v) is 9.34. The number of carbonyl (C=O) groups excluding carboxylic acids is 2. The second-order valence-electron chi connectivity index (χ2n) is 7.27. The molecule has 30 heavy (non-hydrogen) atoms. The van der Waals surface area contributed by atoms with Gasteiger partial charge < -0.3 is 20.8 Å². The predicted octanol–water partition coefficient (Wildman–Crippen LogP) is 3.29. The van der Waals surface area contributed by atoms with Crippen LogP contribution in [0.4, 0.5) is 15.8 Å². The third-order valence-corrected chi connectivity index (χ3v) is 4.93. The Morgan fingerprint density at radius 3 is 2.80 bits per heavy atom. The zero-order valence-electron chi connectivity index (χ0n) is 16.1. The summed E-state index contributed by atoms with van der Waals surface area (Å²) in [6.45, 7) is 2.02. The number of amides is 1. The number of ether oxygens (including phenoxy) is 1. The zero-order chi connectivity index (χ0) is 21.4. The number of nitrogens with two attached hydrogens (primary N) is 1. The van der Waals surface area contributed by atoms with Gasteiger partial charge in [0.15, 0.2) is 11.6 Å². The van der Waals surface area contributed by atoms with Crippen LogP contribution < -0.4 is 11.1 Å². The fourth-order valence-electron chi connectivity index (χ4n) is 3.08. The van der Waals surface area contributed by atoms with Gasteiger partial charge in [-0.25, -0.2) is 14.2 Å². The SMILES string of the molecule is Cc1cc(C#N)ccc1Nc1c(C(=O)OCC2CC2)cc2[nH]c(C(N)=O)nc2c1F. The van der Waals surface area contributed by atoms with Gasteiger partial charge in [0, 0.05) is 5.69 Å². The molecule has 0 bridgehead atoms. The number of rotatable bonds is 6. The number of aromatic amines is 1. The van der Waals surface area contributed by atoms with Gasteiger partial charge in [-0.05, 0) is 55.5 Å². The molecule has 9 heteroatoms. The molecule has 0 unspecified atom stereocenters. The molecule has 1 aliphatic rings. The number of fused-ring (bicyclic) bond motifs is 1. The van der Waals surface area contributed by atoms with E-state index in [0.29, 0.717) is 22.7 Å². The van der Waals surface area contributed by atoms with Crippen LogP contribution in [0.1, 0.15) is 44.9 Å². The number of primary amides is 1. The number of nitriles is 1. The van der Waals surface area contributed by atoms with Crippen molar-refractivity contribution in [3.05, 3.63) is 52.6 Å². The number of nitrogens with zero attached hydrogens (tertiary/aromatic N) is 2. The van der Waals surface area contributed by atoms with Gasteiger partial charge in [-0.15, -0.1) is 0 Å². The van der Waals surface area contributed by atoms with Gasteiger partial charge in [-0.1, -0.05) is 0 Å². The lowest BCUT2D eigenvalue weighted by molar-refractivity contribution is 0.0487. The number of carbonyl (C=O) groups is 2. The summed E-state index contributed by atoms with van der Waals surface area (Å²) >= 11 is 0. The van der Waals surface area contributed by atoms with Crippen LogP contribution in [-0.4, -0.2) is 28.5 Å². The Balaban J connectivity index is 1.80. The Kier molecular flexibility index (Phi) is 4.83. The second kappa shape index (κ2) is 7.48. The van der Waals surface area contributed by atoms with Gasteiger partial charge in [-0.3, -0.25) is 4.79 Å². The van der Waals surface area contributed by atoms with Gasteiger partial charge in [0.25, 0.3) is 5.91 Å². The van der Waals surface area contributed by atoms with E-state index >= 15 is 4.39 Å². The number of nitrogens with one attached hydrogen (secondary N) is 2. The van der Waals surface area contributed by atoms with Crippen LogP contribution in [0.5, 0.6) is 0 Å². The topological polar surface area (TPSA) is 134 Å². The molecule has 1 saturated carbocycles. The molecule has 0 atom stereocenters. The van der Waals surface area contributed by atoms with Crippen LogP contribution in [0.2, 0.25) is 0 Å². The Bertz CT molecular complexity index is 1220. The lowest BCUT2D eigenvalue weighted by Crippen LogP contribution is -2.12. The molecular weight excluding hydrogens is 389 g/mol. The number of aryl methyl sites for hydroxylation is 1. The molecule has 4 N–H and O–H groups in total. The van der Waals surface area contributed by atoms with E-state index < -0.39 is 17.7 Å². The molecule has 0 aliphatic heterocycles. The number of hydrogen-bond donors (Lipinski definition) is 3. The normalized spacial score (nSPS) is 13.1. The molecule has 152 valence electrons. The number of halogens is 1. The van der Waals surface area contributed by atoms with Crippen molar-refractivity contribution in [3.8, 4) is 6.07 Å². The third-order valence-electron chi connectivity index (χ3n) is 4.93. The predicted molar refractivity (Wildman–Crippen MR) is 107 cm³/mol. The maximum atomic E-state index is 15.4.